The van der Waals surface area contributed by atoms with E-state index in [9.17, 15) is 0 Å². The summed E-state index contributed by atoms with van der Waals surface area (Å²) in [5.74, 6) is 0.669. The summed E-state index contributed by atoms with van der Waals surface area (Å²) >= 11 is 0. The van der Waals surface area contributed by atoms with Crippen LogP contribution in [0.4, 0.5) is 0 Å². The van der Waals surface area contributed by atoms with E-state index in [4.69, 9.17) is 0 Å². The summed E-state index contributed by atoms with van der Waals surface area (Å²) in [5.41, 5.74) is 4.20. The molecule has 1 unspecified atom stereocenters. The lowest BCUT2D eigenvalue weighted by molar-refractivity contribution is 0.655. The molecule has 0 aromatic rings. The van der Waals surface area contributed by atoms with Gasteiger partial charge in [-0.05, 0) is 31.3 Å². The first kappa shape index (κ1) is 9.31. The molecular weight excluding hydrogens is 144 g/mol. The third kappa shape index (κ3) is 1.88. The van der Waals surface area contributed by atoms with Gasteiger partial charge in [-0.15, -0.1) is 0 Å². The predicted molar refractivity (Wildman–Crippen MR) is 55.1 cm³/mol. The fourth-order valence-electron chi connectivity index (χ4n) is 1.77. The third-order valence-electron chi connectivity index (χ3n) is 2.54. The van der Waals surface area contributed by atoms with Gasteiger partial charge in [0.1, 0.15) is 0 Å². The maximum Gasteiger partial charge on any atom is -0.0151 e. The lowest BCUT2D eigenvalue weighted by Gasteiger charge is -2.21. The van der Waals surface area contributed by atoms with Crippen molar-refractivity contribution in [1.82, 2.24) is 0 Å². The summed E-state index contributed by atoms with van der Waals surface area (Å²) in [7, 11) is 0. The van der Waals surface area contributed by atoms with E-state index in [0.717, 1.165) is 0 Å². The number of allylic oxidation sites excluding steroid dienone is 5. The Balaban J connectivity index is 2.83. The van der Waals surface area contributed by atoms with E-state index in [2.05, 4.69) is 39.5 Å². The summed E-state index contributed by atoms with van der Waals surface area (Å²) in [6.45, 7) is 10.6. The average molecular weight is 162 g/mol. The van der Waals surface area contributed by atoms with Crippen LogP contribution in [-0.2, 0) is 0 Å². The SMILES string of the molecule is C=C(C)C1=CC=C(CC)CC1C. The molecule has 0 aliphatic heterocycles. The minimum atomic E-state index is 0.669. The van der Waals surface area contributed by atoms with Crippen LogP contribution in [0.3, 0.4) is 0 Å². The molecule has 0 nitrogen and oxygen atoms in total. The van der Waals surface area contributed by atoms with Gasteiger partial charge in [0.25, 0.3) is 0 Å². The van der Waals surface area contributed by atoms with Gasteiger partial charge in [-0.3, -0.25) is 0 Å². The molecule has 0 heterocycles. The highest BCUT2D eigenvalue weighted by Crippen LogP contribution is 2.29. The van der Waals surface area contributed by atoms with E-state index in [1.165, 1.54) is 24.0 Å². The maximum atomic E-state index is 3.98. The summed E-state index contributed by atoms with van der Waals surface area (Å²) in [6.07, 6.45) is 6.89. The molecule has 0 saturated carbocycles. The fraction of sp³-hybridized carbons (Fsp3) is 0.500. The van der Waals surface area contributed by atoms with Gasteiger partial charge < -0.3 is 0 Å². The minimum Gasteiger partial charge on any atom is -0.0958 e. The molecule has 0 amide bonds. The van der Waals surface area contributed by atoms with Crippen LogP contribution in [0, 0.1) is 5.92 Å². The quantitative estimate of drug-likeness (QED) is 0.578. The van der Waals surface area contributed by atoms with Gasteiger partial charge in [-0.25, -0.2) is 0 Å². The van der Waals surface area contributed by atoms with Crippen molar-refractivity contribution in [3.63, 3.8) is 0 Å². The molecule has 0 aromatic heterocycles. The van der Waals surface area contributed by atoms with Gasteiger partial charge in [-0.2, -0.15) is 0 Å². The number of hydrogen-bond donors (Lipinski definition) is 0. The second-order valence-corrected chi connectivity index (χ2v) is 3.69. The standard InChI is InChI=1S/C12H18/c1-5-11-6-7-12(9(2)3)10(4)8-11/h6-7,10H,2,5,8H2,1,3-4H3. The predicted octanol–water partition coefficient (Wildman–Crippen LogP) is 3.87. The first-order chi connectivity index (χ1) is 5.65. The second kappa shape index (κ2) is 3.75. The van der Waals surface area contributed by atoms with Crippen molar-refractivity contribution in [3.05, 3.63) is 35.5 Å². The molecular formula is C12H18. The average Bonchev–Trinajstić information content (AvgIpc) is 2.03. The molecule has 12 heavy (non-hydrogen) atoms. The highest BCUT2D eigenvalue weighted by atomic mass is 14.2. The zero-order chi connectivity index (χ0) is 9.14. The first-order valence-electron chi connectivity index (χ1n) is 4.70. The largest absolute Gasteiger partial charge is 0.0958 e. The molecule has 1 aliphatic rings. The zero-order valence-electron chi connectivity index (χ0n) is 8.35. The molecule has 0 fully saturated rings. The summed E-state index contributed by atoms with van der Waals surface area (Å²) in [6, 6.07) is 0. The van der Waals surface area contributed by atoms with Crippen molar-refractivity contribution in [2.45, 2.75) is 33.6 Å². The zero-order valence-corrected chi connectivity index (χ0v) is 8.35. The van der Waals surface area contributed by atoms with Crippen LogP contribution in [0.5, 0.6) is 0 Å². The van der Waals surface area contributed by atoms with Crippen molar-refractivity contribution < 1.29 is 0 Å². The molecule has 0 radical (unpaired) electrons. The molecule has 0 bridgehead atoms. The van der Waals surface area contributed by atoms with Crippen LogP contribution in [0.2, 0.25) is 0 Å². The Morgan fingerprint density at radius 3 is 2.67 bits per heavy atom. The topological polar surface area (TPSA) is 0 Å². The summed E-state index contributed by atoms with van der Waals surface area (Å²) in [4.78, 5) is 0. The summed E-state index contributed by atoms with van der Waals surface area (Å²) < 4.78 is 0. The Morgan fingerprint density at radius 1 is 1.58 bits per heavy atom. The van der Waals surface area contributed by atoms with Gasteiger partial charge in [-0.1, -0.05) is 43.7 Å². The monoisotopic (exact) mass is 162 g/mol. The van der Waals surface area contributed by atoms with E-state index < -0.39 is 0 Å². The molecule has 1 atom stereocenters. The Morgan fingerprint density at radius 2 is 2.25 bits per heavy atom. The van der Waals surface area contributed by atoms with Crippen LogP contribution in [0.15, 0.2) is 35.5 Å². The molecule has 0 heteroatoms. The fourth-order valence-corrected chi connectivity index (χ4v) is 1.77. The van der Waals surface area contributed by atoms with Gasteiger partial charge in [0.15, 0.2) is 0 Å². The van der Waals surface area contributed by atoms with E-state index >= 15 is 0 Å². The van der Waals surface area contributed by atoms with Gasteiger partial charge in [0.2, 0.25) is 0 Å². The molecule has 0 saturated heterocycles. The van der Waals surface area contributed by atoms with Crippen molar-refractivity contribution in [2.24, 2.45) is 5.92 Å². The molecule has 66 valence electrons. The van der Waals surface area contributed by atoms with Crippen molar-refractivity contribution >= 4 is 0 Å². The Hall–Kier alpha value is -0.780. The molecule has 1 rings (SSSR count). The van der Waals surface area contributed by atoms with Crippen molar-refractivity contribution in [3.8, 4) is 0 Å². The van der Waals surface area contributed by atoms with Crippen LogP contribution < -0.4 is 0 Å². The summed E-state index contributed by atoms with van der Waals surface area (Å²) in [5, 5.41) is 0. The van der Waals surface area contributed by atoms with E-state index in [-0.39, 0.29) is 0 Å². The molecule has 0 N–H and O–H groups in total. The molecule has 0 spiro atoms. The van der Waals surface area contributed by atoms with Crippen molar-refractivity contribution in [1.29, 1.82) is 0 Å². The van der Waals surface area contributed by atoms with E-state index in [1.807, 2.05) is 0 Å². The highest BCUT2D eigenvalue weighted by molar-refractivity contribution is 5.37. The van der Waals surface area contributed by atoms with Crippen LogP contribution >= 0.6 is 0 Å². The first-order valence-corrected chi connectivity index (χ1v) is 4.70. The van der Waals surface area contributed by atoms with Crippen LogP contribution in [-0.4, -0.2) is 0 Å². The maximum absolute atomic E-state index is 3.98. The smallest absolute Gasteiger partial charge is 0.0151 e. The number of hydrogen-bond acceptors (Lipinski definition) is 0. The third-order valence-corrected chi connectivity index (χ3v) is 2.54. The number of rotatable bonds is 2. The van der Waals surface area contributed by atoms with Gasteiger partial charge in [0.05, 0.1) is 0 Å². The molecule has 0 aromatic carbocycles. The lowest BCUT2D eigenvalue weighted by atomic mass is 9.85. The highest BCUT2D eigenvalue weighted by Gasteiger charge is 2.13. The Bertz CT molecular complexity index is 241. The second-order valence-electron chi connectivity index (χ2n) is 3.69. The minimum absolute atomic E-state index is 0.669. The normalized spacial score (nSPS) is 23.1. The van der Waals surface area contributed by atoms with Gasteiger partial charge in [0, 0.05) is 0 Å². The Kier molecular flexibility index (Phi) is 2.91. The Labute approximate surface area is 75.7 Å². The van der Waals surface area contributed by atoms with Gasteiger partial charge >= 0.3 is 0 Å². The van der Waals surface area contributed by atoms with Crippen LogP contribution in [0.25, 0.3) is 0 Å². The van der Waals surface area contributed by atoms with Crippen LogP contribution in [0.1, 0.15) is 33.6 Å². The van der Waals surface area contributed by atoms with E-state index in [0.29, 0.717) is 5.92 Å². The molecule has 1 aliphatic carbocycles. The van der Waals surface area contributed by atoms with E-state index in [1.54, 1.807) is 5.57 Å². The lowest BCUT2D eigenvalue weighted by Crippen LogP contribution is -2.05. The van der Waals surface area contributed by atoms with Crippen molar-refractivity contribution in [2.75, 3.05) is 0 Å².